The minimum atomic E-state index is -4.68. The van der Waals surface area contributed by atoms with Gasteiger partial charge in [0.05, 0.1) is 23.4 Å². The zero-order valence-corrected chi connectivity index (χ0v) is 16.3. The number of pyridine rings is 1. The van der Waals surface area contributed by atoms with Crippen LogP contribution in [0.3, 0.4) is 0 Å². The molecule has 152 valence electrons. The SMILES string of the molecule is Cc1nn(Cc2ccccc2Cl)c(Cl)c1C(=O)Nc1cc(C(F)(F)F)c[nH]c1=O. The Balaban J connectivity index is 1.90. The van der Waals surface area contributed by atoms with Crippen LogP contribution in [-0.4, -0.2) is 20.7 Å². The average molecular weight is 445 g/mol. The number of carbonyl (C=O) groups excluding carboxylic acids is 1. The van der Waals surface area contributed by atoms with E-state index in [9.17, 15) is 22.8 Å². The first-order valence-corrected chi connectivity index (χ1v) is 8.91. The molecule has 0 spiro atoms. The Morgan fingerprint density at radius 2 is 1.97 bits per heavy atom. The third-order valence-electron chi connectivity index (χ3n) is 4.05. The molecule has 0 aliphatic rings. The van der Waals surface area contributed by atoms with Gasteiger partial charge in [0.1, 0.15) is 10.8 Å². The summed E-state index contributed by atoms with van der Waals surface area (Å²) in [4.78, 5) is 26.4. The fraction of sp³-hybridized carbons (Fsp3) is 0.167. The van der Waals surface area contributed by atoms with E-state index in [2.05, 4.69) is 10.4 Å². The predicted molar refractivity (Wildman–Crippen MR) is 103 cm³/mol. The molecule has 1 aromatic carbocycles. The number of rotatable bonds is 4. The van der Waals surface area contributed by atoms with Crippen LogP contribution in [0.4, 0.5) is 18.9 Å². The lowest BCUT2D eigenvalue weighted by Crippen LogP contribution is -2.22. The summed E-state index contributed by atoms with van der Waals surface area (Å²) in [6.07, 6.45) is -4.16. The molecule has 3 aromatic rings. The Morgan fingerprint density at radius 3 is 2.62 bits per heavy atom. The van der Waals surface area contributed by atoms with Gasteiger partial charge in [0.2, 0.25) is 0 Å². The topological polar surface area (TPSA) is 79.8 Å². The third kappa shape index (κ3) is 4.46. The number of amides is 1. The van der Waals surface area contributed by atoms with Crippen LogP contribution >= 0.6 is 23.2 Å². The lowest BCUT2D eigenvalue weighted by atomic mass is 10.2. The molecule has 0 aliphatic carbocycles. The van der Waals surface area contributed by atoms with Crippen molar-refractivity contribution in [2.45, 2.75) is 19.6 Å². The Bertz CT molecular complexity index is 1140. The fourth-order valence-corrected chi connectivity index (χ4v) is 3.14. The van der Waals surface area contributed by atoms with Crippen molar-refractivity contribution in [2.75, 3.05) is 5.32 Å². The van der Waals surface area contributed by atoms with Crippen molar-refractivity contribution in [2.24, 2.45) is 0 Å². The fourth-order valence-electron chi connectivity index (χ4n) is 2.63. The molecule has 0 aliphatic heterocycles. The van der Waals surface area contributed by atoms with Gasteiger partial charge in [-0.1, -0.05) is 41.4 Å². The summed E-state index contributed by atoms with van der Waals surface area (Å²) in [6, 6.07) is 7.53. The smallest absolute Gasteiger partial charge is 0.327 e. The number of benzene rings is 1. The van der Waals surface area contributed by atoms with E-state index in [0.29, 0.717) is 22.8 Å². The van der Waals surface area contributed by atoms with Gasteiger partial charge in [-0.05, 0) is 24.6 Å². The Morgan fingerprint density at radius 1 is 1.28 bits per heavy atom. The molecular formula is C18H13Cl2F3N4O2. The summed E-state index contributed by atoms with van der Waals surface area (Å²) < 4.78 is 39.9. The maximum absolute atomic E-state index is 12.9. The van der Waals surface area contributed by atoms with Crippen molar-refractivity contribution in [3.8, 4) is 0 Å². The second kappa shape index (κ2) is 7.92. The summed E-state index contributed by atoms with van der Waals surface area (Å²) in [5.74, 6) is -0.859. The van der Waals surface area contributed by atoms with Crippen molar-refractivity contribution in [3.63, 3.8) is 0 Å². The van der Waals surface area contributed by atoms with Gasteiger partial charge in [-0.25, -0.2) is 4.68 Å². The molecule has 0 saturated carbocycles. The molecule has 1 amide bonds. The zero-order chi connectivity index (χ0) is 21.3. The van der Waals surface area contributed by atoms with Crippen LogP contribution in [0.2, 0.25) is 10.2 Å². The van der Waals surface area contributed by atoms with Crippen LogP contribution in [-0.2, 0) is 12.7 Å². The number of aromatic amines is 1. The maximum atomic E-state index is 12.9. The number of hydrogen-bond donors (Lipinski definition) is 2. The summed E-state index contributed by atoms with van der Waals surface area (Å²) in [6.45, 7) is 1.69. The van der Waals surface area contributed by atoms with Crippen LogP contribution in [0.15, 0.2) is 41.3 Å². The lowest BCUT2D eigenvalue weighted by Gasteiger charge is -2.09. The molecule has 6 nitrogen and oxygen atoms in total. The van der Waals surface area contributed by atoms with Gasteiger partial charge in [-0.2, -0.15) is 18.3 Å². The molecule has 2 N–H and O–H groups in total. The van der Waals surface area contributed by atoms with Crippen molar-refractivity contribution < 1.29 is 18.0 Å². The first-order chi connectivity index (χ1) is 13.6. The van der Waals surface area contributed by atoms with Crippen LogP contribution in [0.1, 0.15) is 27.2 Å². The van der Waals surface area contributed by atoms with Gasteiger partial charge in [-0.3, -0.25) is 9.59 Å². The van der Waals surface area contributed by atoms with Gasteiger partial charge >= 0.3 is 6.18 Å². The number of anilines is 1. The number of aromatic nitrogens is 3. The average Bonchev–Trinajstić information content (AvgIpc) is 2.91. The second-order valence-electron chi connectivity index (χ2n) is 6.08. The van der Waals surface area contributed by atoms with E-state index in [4.69, 9.17) is 23.2 Å². The molecule has 0 saturated heterocycles. The van der Waals surface area contributed by atoms with E-state index in [0.717, 1.165) is 0 Å². The highest BCUT2D eigenvalue weighted by molar-refractivity contribution is 6.34. The van der Waals surface area contributed by atoms with Crippen molar-refractivity contribution >= 4 is 34.8 Å². The molecule has 0 unspecified atom stereocenters. The molecule has 3 rings (SSSR count). The maximum Gasteiger partial charge on any atom is 0.417 e. The highest BCUT2D eigenvalue weighted by atomic mass is 35.5. The monoisotopic (exact) mass is 444 g/mol. The lowest BCUT2D eigenvalue weighted by molar-refractivity contribution is -0.137. The number of nitrogens with zero attached hydrogens (tertiary/aromatic N) is 2. The first-order valence-electron chi connectivity index (χ1n) is 8.15. The second-order valence-corrected chi connectivity index (χ2v) is 6.85. The van der Waals surface area contributed by atoms with E-state index in [1.54, 1.807) is 24.3 Å². The summed E-state index contributed by atoms with van der Waals surface area (Å²) >= 11 is 12.4. The third-order valence-corrected chi connectivity index (χ3v) is 4.80. The van der Waals surface area contributed by atoms with Gasteiger partial charge in [0.15, 0.2) is 0 Å². The van der Waals surface area contributed by atoms with Crippen LogP contribution < -0.4 is 10.9 Å². The number of nitrogens with one attached hydrogen (secondary N) is 2. The minimum Gasteiger partial charge on any atom is -0.327 e. The Hall–Kier alpha value is -2.78. The Labute approximate surface area is 172 Å². The predicted octanol–water partition coefficient (Wildman–Crippen LogP) is 4.51. The van der Waals surface area contributed by atoms with Crippen LogP contribution in [0, 0.1) is 6.92 Å². The van der Waals surface area contributed by atoms with E-state index in [-0.39, 0.29) is 23.0 Å². The quantitative estimate of drug-likeness (QED) is 0.621. The number of H-pyrrole nitrogens is 1. The number of halogens is 5. The van der Waals surface area contributed by atoms with Crippen molar-refractivity contribution in [1.82, 2.24) is 14.8 Å². The zero-order valence-electron chi connectivity index (χ0n) is 14.8. The molecule has 11 heteroatoms. The highest BCUT2D eigenvalue weighted by Gasteiger charge is 2.32. The minimum absolute atomic E-state index is 0.0386. The van der Waals surface area contributed by atoms with Gasteiger partial charge in [-0.15, -0.1) is 0 Å². The van der Waals surface area contributed by atoms with Gasteiger partial charge in [0.25, 0.3) is 11.5 Å². The standard InChI is InChI=1S/C18H13Cl2F3N4O2/c1-9-14(15(20)27(26-9)8-10-4-2-3-5-12(10)19)17(29)25-13-6-11(18(21,22)23)7-24-16(13)28/h2-7H,8H2,1H3,(H,24,28)(H,25,29). The summed E-state index contributed by atoms with van der Waals surface area (Å²) in [5.41, 5.74) is -1.66. The van der Waals surface area contributed by atoms with Crippen molar-refractivity contribution in [1.29, 1.82) is 0 Å². The molecule has 0 fully saturated rings. The van der Waals surface area contributed by atoms with Gasteiger partial charge in [0, 0.05) is 11.2 Å². The molecule has 2 heterocycles. The highest BCUT2D eigenvalue weighted by Crippen LogP contribution is 2.29. The molecule has 0 bridgehead atoms. The normalized spacial score (nSPS) is 11.5. The number of aryl methyl sites for hydroxylation is 1. The molecule has 2 aromatic heterocycles. The molecule has 0 atom stereocenters. The van der Waals surface area contributed by atoms with Gasteiger partial charge < -0.3 is 10.3 Å². The largest absolute Gasteiger partial charge is 0.417 e. The van der Waals surface area contributed by atoms with E-state index in [1.807, 2.05) is 4.98 Å². The molecule has 29 heavy (non-hydrogen) atoms. The van der Waals surface area contributed by atoms with Crippen LogP contribution in [0.5, 0.6) is 0 Å². The molecule has 0 radical (unpaired) electrons. The first kappa shape index (κ1) is 20.9. The van der Waals surface area contributed by atoms with E-state index >= 15 is 0 Å². The molecular weight excluding hydrogens is 432 g/mol. The number of alkyl halides is 3. The Kier molecular flexibility index (Phi) is 5.72. The van der Waals surface area contributed by atoms with Crippen LogP contribution in [0.25, 0.3) is 0 Å². The summed E-state index contributed by atoms with van der Waals surface area (Å²) in [7, 11) is 0. The van der Waals surface area contributed by atoms with E-state index in [1.165, 1.54) is 11.6 Å². The summed E-state index contributed by atoms with van der Waals surface area (Å²) in [5, 5.41) is 6.80. The number of hydrogen-bond acceptors (Lipinski definition) is 3. The van der Waals surface area contributed by atoms with E-state index < -0.39 is 28.9 Å². The number of carbonyl (C=O) groups is 1. The van der Waals surface area contributed by atoms with Crippen molar-refractivity contribution in [3.05, 3.63) is 79.4 Å².